The lowest BCUT2D eigenvalue weighted by atomic mass is 9.98. The fraction of sp³-hybridized carbons (Fsp3) is 0.379. The molecule has 2 aromatic rings. The molecule has 0 bridgehead atoms. The smallest absolute Gasteiger partial charge is 0.120 e. The molecule has 168 valence electrons. The Hall–Kier alpha value is -2.41. The van der Waals surface area contributed by atoms with Crippen molar-refractivity contribution in [2.75, 3.05) is 18.8 Å². The molecule has 3 heteroatoms. The first kappa shape index (κ1) is 24.2. The van der Waals surface area contributed by atoms with Gasteiger partial charge in [-0.1, -0.05) is 55.2 Å². The fourth-order valence-corrected chi connectivity index (χ4v) is 4.35. The molecule has 0 aliphatic carbocycles. The zero-order chi connectivity index (χ0) is 22.8. The van der Waals surface area contributed by atoms with Crippen molar-refractivity contribution in [3.63, 3.8) is 0 Å². The largest absolute Gasteiger partial charge is 0.489 e. The first-order chi connectivity index (χ1) is 15.4. The summed E-state index contributed by atoms with van der Waals surface area (Å²) in [4.78, 5) is 2.39. The van der Waals surface area contributed by atoms with Crippen LogP contribution in [0.15, 0.2) is 66.1 Å². The minimum atomic E-state index is 0.0450. The zero-order valence-electron chi connectivity index (χ0n) is 19.9. The van der Waals surface area contributed by atoms with Gasteiger partial charge in [-0.3, -0.25) is 4.90 Å². The summed E-state index contributed by atoms with van der Waals surface area (Å²) in [6.45, 7) is 11.9. The summed E-state index contributed by atoms with van der Waals surface area (Å²) in [7, 11) is 0. The Kier molecular flexibility index (Phi) is 9.09. The van der Waals surface area contributed by atoms with Crippen molar-refractivity contribution in [2.45, 2.75) is 47.3 Å². The molecule has 1 aliphatic heterocycles. The van der Waals surface area contributed by atoms with Gasteiger partial charge in [-0.25, -0.2) is 0 Å². The molecule has 2 aromatic carbocycles. The van der Waals surface area contributed by atoms with Crippen LogP contribution in [0.5, 0.6) is 5.75 Å². The highest BCUT2D eigenvalue weighted by molar-refractivity contribution is 8.02. The number of ether oxygens (including phenoxy) is 1. The summed E-state index contributed by atoms with van der Waals surface area (Å²) in [5.74, 6) is 8.51. The minimum absolute atomic E-state index is 0.0450. The van der Waals surface area contributed by atoms with Gasteiger partial charge in [-0.05, 0) is 85.7 Å². The second kappa shape index (κ2) is 12.0. The predicted octanol–water partition coefficient (Wildman–Crippen LogP) is 7.17. The Balaban J connectivity index is 1.55. The third-order valence-electron chi connectivity index (χ3n) is 5.18. The quantitative estimate of drug-likeness (QED) is 0.380. The minimum Gasteiger partial charge on any atom is -0.489 e. The topological polar surface area (TPSA) is 12.5 Å². The Labute approximate surface area is 198 Å². The van der Waals surface area contributed by atoms with Gasteiger partial charge in [0.25, 0.3) is 0 Å². The van der Waals surface area contributed by atoms with Crippen LogP contribution in [-0.4, -0.2) is 23.7 Å². The van der Waals surface area contributed by atoms with E-state index in [9.17, 15) is 0 Å². The van der Waals surface area contributed by atoms with Gasteiger partial charge in [0, 0.05) is 24.3 Å². The summed E-state index contributed by atoms with van der Waals surface area (Å²) in [6.07, 6.45) is 5.28. The normalized spacial score (nSPS) is 13.8. The molecule has 0 aromatic heterocycles. The molecule has 3 rings (SSSR count). The van der Waals surface area contributed by atoms with E-state index in [1.54, 1.807) is 0 Å². The Morgan fingerprint density at radius 1 is 1.09 bits per heavy atom. The highest BCUT2D eigenvalue weighted by Gasteiger charge is 2.09. The van der Waals surface area contributed by atoms with Crippen LogP contribution in [0.4, 0.5) is 0 Å². The monoisotopic (exact) mass is 445 g/mol. The van der Waals surface area contributed by atoms with E-state index in [2.05, 4.69) is 98.4 Å². The second-order valence-corrected chi connectivity index (χ2v) is 10.1. The number of thioether (sulfide) groups is 1. The van der Waals surface area contributed by atoms with Crippen LogP contribution in [-0.2, 0) is 13.2 Å². The Morgan fingerprint density at radius 2 is 1.91 bits per heavy atom. The molecule has 0 radical (unpaired) electrons. The molecule has 0 saturated carbocycles. The van der Waals surface area contributed by atoms with Crippen molar-refractivity contribution >= 4 is 17.3 Å². The van der Waals surface area contributed by atoms with E-state index in [-0.39, 0.29) is 5.41 Å². The molecule has 0 unspecified atom stereocenters. The van der Waals surface area contributed by atoms with Gasteiger partial charge in [0.15, 0.2) is 0 Å². The number of hydrogen-bond acceptors (Lipinski definition) is 3. The predicted molar refractivity (Wildman–Crippen MR) is 140 cm³/mol. The van der Waals surface area contributed by atoms with Gasteiger partial charge in [0.05, 0.1) is 0 Å². The maximum absolute atomic E-state index is 6.14. The van der Waals surface area contributed by atoms with E-state index < -0.39 is 0 Å². The number of allylic oxidation sites excluding steroid dienone is 2. The first-order valence-electron chi connectivity index (χ1n) is 11.4. The van der Waals surface area contributed by atoms with E-state index >= 15 is 0 Å². The van der Waals surface area contributed by atoms with Crippen LogP contribution in [0.25, 0.3) is 5.57 Å². The highest BCUT2D eigenvalue weighted by Crippen LogP contribution is 2.30. The number of benzene rings is 2. The fourth-order valence-electron chi connectivity index (χ4n) is 3.44. The average Bonchev–Trinajstić information content (AvgIpc) is 3.31. The molecule has 0 N–H and O–H groups in total. The van der Waals surface area contributed by atoms with Crippen molar-refractivity contribution in [1.82, 2.24) is 4.90 Å². The maximum atomic E-state index is 6.14. The summed E-state index contributed by atoms with van der Waals surface area (Å²) in [5, 5.41) is 2.29. The molecule has 0 saturated heterocycles. The Bertz CT molecular complexity index is 1000. The molecule has 1 aliphatic rings. The maximum Gasteiger partial charge on any atom is 0.120 e. The number of rotatable bonds is 9. The molecule has 0 atom stereocenters. The molecule has 0 amide bonds. The van der Waals surface area contributed by atoms with Crippen LogP contribution in [0.2, 0.25) is 0 Å². The SMILES string of the molecule is CCN(C/C=C/C#CC(C)(C)C)Cc1cccc(OCc2cccc(C3=CSCC3)c2)c1. The van der Waals surface area contributed by atoms with Crippen LogP contribution >= 0.6 is 11.8 Å². The summed E-state index contributed by atoms with van der Waals surface area (Å²) >= 11 is 1.90. The van der Waals surface area contributed by atoms with Crippen molar-refractivity contribution in [2.24, 2.45) is 5.41 Å². The van der Waals surface area contributed by atoms with E-state index in [4.69, 9.17) is 4.74 Å². The standard InChI is InChI=1S/C29H35NOS/c1-5-30(17-8-6-7-16-29(2,3)4)21-24-11-10-14-28(20-24)31-22-25-12-9-13-26(19-25)27-15-18-32-23-27/h6,8-14,19-20,23H,5,15,17-18,21-22H2,1-4H3/b8-6+. The molecule has 0 spiro atoms. The van der Waals surface area contributed by atoms with Gasteiger partial charge < -0.3 is 4.74 Å². The zero-order valence-corrected chi connectivity index (χ0v) is 20.7. The average molecular weight is 446 g/mol. The number of nitrogens with zero attached hydrogens (tertiary/aromatic N) is 1. The van der Waals surface area contributed by atoms with Crippen molar-refractivity contribution < 1.29 is 4.74 Å². The van der Waals surface area contributed by atoms with Crippen LogP contribution in [0.1, 0.15) is 50.8 Å². The van der Waals surface area contributed by atoms with E-state index in [1.807, 2.05) is 23.9 Å². The summed E-state index contributed by atoms with van der Waals surface area (Å²) in [5.41, 5.74) is 5.28. The van der Waals surface area contributed by atoms with Crippen LogP contribution in [0, 0.1) is 17.3 Å². The highest BCUT2D eigenvalue weighted by atomic mass is 32.2. The molecule has 1 heterocycles. The van der Waals surface area contributed by atoms with Crippen LogP contribution in [0.3, 0.4) is 0 Å². The van der Waals surface area contributed by atoms with E-state index in [0.29, 0.717) is 6.61 Å². The molecular weight excluding hydrogens is 410 g/mol. The van der Waals surface area contributed by atoms with Crippen molar-refractivity contribution in [3.8, 4) is 17.6 Å². The lowest BCUT2D eigenvalue weighted by molar-refractivity contribution is 0.299. The number of hydrogen-bond donors (Lipinski definition) is 0. The van der Waals surface area contributed by atoms with E-state index in [0.717, 1.165) is 31.8 Å². The first-order valence-corrected chi connectivity index (χ1v) is 12.5. The van der Waals surface area contributed by atoms with Crippen LogP contribution < -0.4 is 4.74 Å². The Morgan fingerprint density at radius 3 is 2.66 bits per heavy atom. The molecule has 0 fully saturated rings. The van der Waals surface area contributed by atoms with Gasteiger partial charge in [0.1, 0.15) is 12.4 Å². The lowest BCUT2D eigenvalue weighted by Crippen LogP contribution is -2.22. The van der Waals surface area contributed by atoms with E-state index in [1.165, 1.54) is 28.0 Å². The van der Waals surface area contributed by atoms with Gasteiger partial charge in [-0.15, -0.1) is 11.8 Å². The summed E-state index contributed by atoms with van der Waals surface area (Å²) < 4.78 is 6.14. The van der Waals surface area contributed by atoms with Crippen molar-refractivity contribution in [3.05, 3.63) is 82.8 Å². The molecular formula is C29H35NOS. The second-order valence-electron chi connectivity index (χ2n) is 9.15. The van der Waals surface area contributed by atoms with Gasteiger partial charge in [-0.2, -0.15) is 0 Å². The van der Waals surface area contributed by atoms with Crippen molar-refractivity contribution in [1.29, 1.82) is 0 Å². The third-order valence-corrected chi connectivity index (χ3v) is 6.07. The third kappa shape index (κ3) is 8.26. The molecule has 2 nitrogen and oxygen atoms in total. The molecule has 32 heavy (non-hydrogen) atoms. The summed E-state index contributed by atoms with van der Waals surface area (Å²) in [6, 6.07) is 17.2. The number of likely N-dealkylation sites (N-methyl/N-ethyl adjacent to an activating group) is 1. The van der Waals surface area contributed by atoms with Gasteiger partial charge in [0.2, 0.25) is 0 Å². The lowest BCUT2D eigenvalue weighted by Gasteiger charge is -2.19. The van der Waals surface area contributed by atoms with Gasteiger partial charge >= 0.3 is 0 Å².